The van der Waals surface area contributed by atoms with Crippen LogP contribution in [0.1, 0.15) is 10.4 Å². The van der Waals surface area contributed by atoms with Crippen LogP contribution in [0.5, 0.6) is 0 Å². The zero-order valence-electron chi connectivity index (χ0n) is 9.51. The number of nitro benzene ring substituents is 1. The molecule has 0 saturated heterocycles. The number of carbonyl (C=O) groups excluding carboxylic acids is 1. The van der Waals surface area contributed by atoms with Crippen molar-refractivity contribution in [3.05, 3.63) is 70.0 Å². The molecule has 0 aliphatic rings. The molecule has 2 aromatic rings. The van der Waals surface area contributed by atoms with Gasteiger partial charge in [-0.2, -0.15) is 0 Å². The van der Waals surface area contributed by atoms with Gasteiger partial charge in [-0.3, -0.25) is 14.9 Å². The van der Waals surface area contributed by atoms with Gasteiger partial charge in [0.05, 0.1) is 10.6 Å². The van der Waals surface area contributed by atoms with E-state index in [9.17, 15) is 19.3 Å². The molecule has 0 fully saturated rings. The predicted octanol–water partition coefficient (Wildman–Crippen LogP) is 2.59. The van der Waals surface area contributed by atoms with E-state index in [2.05, 4.69) is 17.4 Å². The summed E-state index contributed by atoms with van der Waals surface area (Å²) in [5.41, 5.74) is -0.828. The first-order valence-electron chi connectivity index (χ1n) is 5.21. The minimum atomic E-state index is -0.946. The van der Waals surface area contributed by atoms with Crippen molar-refractivity contribution in [1.29, 1.82) is 0 Å². The standard InChI is InChI=1S/C13H7FN2O3/c14-10-7-4-8-11(16(18)19)12(10)13(17)15-9-5-2-1-3-6-9/h2,4-8H,(H,15,17). The van der Waals surface area contributed by atoms with Gasteiger partial charge in [0.25, 0.3) is 11.6 Å². The first-order chi connectivity index (χ1) is 9.09. The third kappa shape index (κ3) is 2.66. The fraction of sp³-hybridized carbons (Fsp3) is 0. The quantitative estimate of drug-likeness (QED) is 0.679. The lowest BCUT2D eigenvalue weighted by atomic mass is 10.1. The molecule has 0 atom stereocenters. The molecule has 0 bridgehead atoms. The maximum absolute atomic E-state index is 13.6. The van der Waals surface area contributed by atoms with E-state index in [-0.39, 0.29) is 0 Å². The molecule has 2 rings (SSSR count). The van der Waals surface area contributed by atoms with Crippen molar-refractivity contribution in [2.45, 2.75) is 0 Å². The fourth-order valence-corrected chi connectivity index (χ4v) is 1.51. The number of nitrogens with zero attached hydrogens (tertiary/aromatic N) is 1. The Labute approximate surface area is 107 Å². The van der Waals surface area contributed by atoms with E-state index in [1.165, 1.54) is 24.3 Å². The van der Waals surface area contributed by atoms with Crippen LogP contribution in [0.2, 0.25) is 0 Å². The average Bonchev–Trinajstić information content (AvgIpc) is 2.39. The third-order valence-electron chi connectivity index (χ3n) is 2.33. The van der Waals surface area contributed by atoms with Gasteiger partial charge in [0.2, 0.25) is 0 Å². The summed E-state index contributed by atoms with van der Waals surface area (Å²) in [6.45, 7) is 0. The molecule has 0 aliphatic heterocycles. The van der Waals surface area contributed by atoms with E-state index in [1.807, 2.05) is 0 Å². The highest BCUT2D eigenvalue weighted by atomic mass is 19.1. The number of hydrogen-bond acceptors (Lipinski definition) is 3. The van der Waals surface area contributed by atoms with E-state index >= 15 is 0 Å². The van der Waals surface area contributed by atoms with Crippen LogP contribution in [-0.2, 0) is 0 Å². The lowest BCUT2D eigenvalue weighted by Crippen LogP contribution is -2.15. The van der Waals surface area contributed by atoms with Crippen LogP contribution < -0.4 is 5.32 Å². The van der Waals surface area contributed by atoms with E-state index in [4.69, 9.17) is 0 Å². The summed E-state index contributed by atoms with van der Waals surface area (Å²) in [4.78, 5) is 21.9. The van der Waals surface area contributed by atoms with Gasteiger partial charge in [0.15, 0.2) is 5.56 Å². The highest BCUT2D eigenvalue weighted by molar-refractivity contribution is 6.07. The van der Waals surface area contributed by atoms with Crippen LogP contribution in [0.3, 0.4) is 0 Å². The van der Waals surface area contributed by atoms with Crippen molar-refractivity contribution in [3.8, 4) is 0 Å². The van der Waals surface area contributed by atoms with E-state index in [0.29, 0.717) is 5.69 Å². The summed E-state index contributed by atoms with van der Waals surface area (Å²) in [7, 11) is 0. The average molecular weight is 258 g/mol. The minimum Gasteiger partial charge on any atom is -0.321 e. The number of nitrogens with one attached hydrogen (secondary N) is 1. The lowest BCUT2D eigenvalue weighted by Gasteiger charge is -2.05. The van der Waals surface area contributed by atoms with Gasteiger partial charge >= 0.3 is 0 Å². The highest BCUT2D eigenvalue weighted by Gasteiger charge is 2.24. The molecule has 1 amide bonds. The van der Waals surface area contributed by atoms with Crippen LogP contribution in [0, 0.1) is 28.1 Å². The normalized spacial score (nSPS) is 9.53. The van der Waals surface area contributed by atoms with Gasteiger partial charge in [-0.15, -0.1) is 0 Å². The zero-order chi connectivity index (χ0) is 13.8. The molecule has 94 valence electrons. The Morgan fingerprint density at radius 1 is 1.32 bits per heavy atom. The summed E-state index contributed by atoms with van der Waals surface area (Å²) in [5, 5.41) is 13.1. The summed E-state index contributed by atoms with van der Waals surface area (Å²) in [6, 6.07) is 12.9. The van der Waals surface area contributed by atoms with E-state index < -0.39 is 27.9 Å². The Morgan fingerprint density at radius 2 is 2.11 bits per heavy atom. The molecule has 0 aromatic heterocycles. The van der Waals surface area contributed by atoms with Crippen LogP contribution >= 0.6 is 0 Å². The topological polar surface area (TPSA) is 72.2 Å². The van der Waals surface area contributed by atoms with Crippen molar-refractivity contribution < 1.29 is 14.1 Å². The molecule has 2 aromatic carbocycles. The first kappa shape index (κ1) is 12.5. The lowest BCUT2D eigenvalue weighted by molar-refractivity contribution is -0.385. The highest BCUT2D eigenvalue weighted by Crippen LogP contribution is 2.22. The molecular formula is C13H7FN2O3. The van der Waals surface area contributed by atoms with Crippen LogP contribution in [0.15, 0.2) is 36.4 Å². The molecule has 0 radical (unpaired) electrons. The second-order valence-electron chi connectivity index (χ2n) is 3.57. The smallest absolute Gasteiger partial charge is 0.285 e. The molecule has 0 aliphatic carbocycles. The van der Waals surface area contributed by atoms with Gasteiger partial charge in [0, 0.05) is 12.1 Å². The Bertz CT molecular complexity index is 629. The van der Waals surface area contributed by atoms with Gasteiger partial charge in [-0.05, 0) is 18.2 Å². The van der Waals surface area contributed by atoms with Crippen molar-refractivity contribution in [1.82, 2.24) is 0 Å². The Balaban J connectivity index is 2.36. The maximum Gasteiger partial charge on any atom is 0.285 e. The number of nitro groups is 1. The van der Waals surface area contributed by atoms with Crippen LogP contribution in [0.25, 0.3) is 0 Å². The van der Waals surface area contributed by atoms with Crippen molar-refractivity contribution in [3.63, 3.8) is 0 Å². The zero-order valence-corrected chi connectivity index (χ0v) is 9.51. The summed E-state index contributed by atoms with van der Waals surface area (Å²) in [5.74, 6) is -1.83. The Hall–Kier alpha value is -2.94. The number of hydrogen-bond donors (Lipinski definition) is 1. The number of benzene rings is 1. The minimum absolute atomic E-state index is 0.348. The van der Waals surface area contributed by atoms with Gasteiger partial charge in [-0.25, -0.2) is 4.39 Å². The maximum atomic E-state index is 13.6. The van der Waals surface area contributed by atoms with Crippen molar-refractivity contribution >= 4 is 17.3 Å². The van der Waals surface area contributed by atoms with Gasteiger partial charge in [0.1, 0.15) is 5.82 Å². The molecule has 19 heavy (non-hydrogen) atoms. The van der Waals surface area contributed by atoms with Crippen LogP contribution in [0.4, 0.5) is 15.8 Å². The summed E-state index contributed by atoms with van der Waals surface area (Å²) >= 11 is 0. The third-order valence-corrected chi connectivity index (χ3v) is 2.33. The molecule has 0 saturated carbocycles. The molecular weight excluding hydrogens is 251 g/mol. The molecule has 1 N–H and O–H groups in total. The first-order valence-corrected chi connectivity index (χ1v) is 5.21. The molecule has 0 heterocycles. The van der Waals surface area contributed by atoms with E-state index in [1.54, 1.807) is 0 Å². The van der Waals surface area contributed by atoms with Crippen LogP contribution in [-0.4, -0.2) is 10.8 Å². The monoisotopic (exact) mass is 258 g/mol. The molecule has 0 unspecified atom stereocenters. The molecule has 0 spiro atoms. The summed E-state index contributed by atoms with van der Waals surface area (Å²) in [6.07, 6.45) is 0. The second kappa shape index (κ2) is 5.14. The number of carbonyl (C=O) groups is 1. The number of amides is 1. The van der Waals surface area contributed by atoms with Crippen molar-refractivity contribution in [2.75, 3.05) is 5.32 Å². The van der Waals surface area contributed by atoms with Gasteiger partial charge < -0.3 is 5.32 Å². The fourth-order valence-electron chi connectivity index (χ4n) is 1.51. The number of anilines is 1. The Morgan fingerprint density at radius 3 is 2.74 bits per heavy atom. The predicted molar refractivity (Wildman–Crippen MR) is 65.1 cm³/mol. The molecule has 5 nitrogen and oxygen atoms in total. The Kier molecular flexibility index (Phi) is 3.39. The largest absolute Gasteiger partial charge is 0.321 e. The SMILES string of the molecule is O=C(Nc1cc#ccc1)c1c(F)cccc1[N+](=O)[O-]. The number of halogens is 1. The van der Waals surface area contributed by atoms with Crippen molar-refractivity contribution in [2.24, 2.45) is 0 Å². The van der Waals surface area contributed by atoms with Gasteiger partial charge in [-0.1, -0.05) is 18.2 Å². The summed E-state index contributed by atoms with van der Waals surface area (Å²) < 4.78 is 13.6. The molecule has 6 heteroatoms. The second-order valence-corrected chi connectivity index (χ2v) is 3.57. The van der Waals surface area contributed by atoms with E-state index in [0.717, 1.165) is 12.1 Å². The number of rotatable bonds is 3.